The summed E-state index contributed by atoms with van der Waals surface area (Å²) in [7, 11) is 0. The highest BCUT2D eigenvalue weighted by atomic mass is 19.3. The molecule has 0 amide bonds. The van der Waals surface area contributed by atoms with Crippen molar-refractivity contribution in [1.82, 2.24) is 0 Å². The molecule has 0 radical (unpaired) electrons. The summed E-state index contributed by atoms with van der Waals surface area (Å²) < 4.78 is 42.3. The topological polar surface area (TPSA) is 9.23 Å². The second-order valence-electron chi connectivity index (χ2n) is 5.18. The van der Waals surface area contributed by atoms with Crippen LogP contribution in [0.4, 0.5) is 13.2 Å². The van der Waals surface area contributed by atoms with Crippen molar-refractivity contribution in [2.45, 2.75) is 70.5 Å². The Morgan fingerprint density at radius 1 is 1.00 bits per heavy atom. The van der Waals surface area contributed by atoms with Gasteiger partial charge in [-0.15, -0.1) is 0 Å². The summed E-state index contributed by atoms with van der Waals surface area (Å²) >= 11 is 0. The maximum Gasteiger partial charge on any atom is 0.384 e. The Morgan fingerprint density at radius 3 is 2.29 bits per heavy atom. The van der Waals surface area contributed by atoms with Crippen LogP contribution in [0.3, 0.4) is 0 Å². The average molecular weight is 252 g/mol. The van der Waals surface area contributed by atoms with Crippen LogP contribution in [0.15, 0.2) is 0 Å². The van der Waals surface area contributed by atoms with Crippen molar-refractivity contribution in [3.8, 4) is 0 Å². The van der Waals surface area contributed by atoms with Gasteiger partial charge in [0.25, 0.3) is 0 Å². The average Bonchev–Trinajstić information content (AvgIpc) is 2.28. The summed E-state index contributed by atoms with van der Waals surface area (Å²) in [6.45, 7) is 0.480. The van der Waals surface area contributed by atoms with Crippen LogP contribution in [0.25, 0.3) is 0 Å². The molecule has 1 aliphatic rings. The van der Waals surface area contributed by atoms with Crippen LogP contribution in [0.2, 0.25) is 0 Å². The van der Waals surface area contributed by atoms with E-state index >= 15 is 0 Å². The molecule has 2 atom stereocenters. The van der Waals surface area contributed by atoms with Gasteiger partial charge in [0.15, 0.2) is 6.67 Å². The number of ether oxygens (including phenoxy) is 1. The van der Waals surface area contributed by atoms with E-state index in [1.165, 1.54) is 6.42 Å². The van der Waals surface area contributed by atoms with E-state index in [0.717, 1.165) is 32.1 Å². The first-order valence-corrected chi connectivity index (χ1v) is 6.65. The predicted octanol–water partition coefficient (Wildman–Crippen LogP) is 4.70. The van der Waals surface area contributed by atoms with Gasteiger partial charge < -0.3 is 4.74 Å². The van der Waals surface area contributed by atoms with E-state index < -0.39 is 18.9 Å². The molecule has 1 rings (SSSR count). The second-order valence-corrected chi connectivity index (χ2v) is 5.18. The van der Waals surface area contributed by atoms with Gasteiger partial charge in [0.2, 0.25) is 0 Å². The summed E-state index contributed by atoms with van der Waals surface area (Å²) in [6, 6.07) is 0. The molecule has 0 aromatic heterocycles. The van der Waals surface area contributed by atoms with Crippen LogP contribution in [0.1, 0.15) is 58.3 Å². The normalized spacial score (nSPS) is 28.9. The minimum absolute atomic E-state index is 0.481. The monoisotopic (exact) mass is 252 g/mol. The zero-order valence-electron chi connectivity index (χ0n) is 10.6. The minimum Gasteiger partial charge on any atom is -0.315 e. The third-order valence-electron chi connectivity index (χ3n) is 3.44. The van der Waals surface area contributed by atoms with Gasteiger partial charge in [0.1, 0.15) is 0 Å². The number of hydrogen-bond donors (Lipinski definition) is 0. The van der Waals surface area contributed by atoms with Crippen LogP contribution in [-0.2, 0) is 4.74 Å². The van der Waals surface area contributed by atoms with Crippen molar-refractivity contribution in [1.29, 1.82) is 0 Å². The van der Waals surface area contributed by atoms with Gasteiger partial charge in [0.05, 0.1) is 6.10 Å². The SMILES string of the molecule is CC1CCCCCC(OC(F)(F)CF)CCC1. The van der Waals surface area contributed by atoms with Gasteiger partial charge in [-0.25, -0.2) is 4.39 Å². The van der Waals surface area contributed by atoms with Crippen LogP contribution in [0, 0.1) is 5.92 Å². The summed E-state index contributed by atoms with van der Waals surface area (Å²) in [4.78, 5) is 0. The van der Waals surface area contributed by atoms with Gasteiger partial charge in [-0.1, -0.05) is 45.4 Å². The van der Waals surface area contributed by atoms with Gasteiger partial charge in [-0.05, 0) is 18.8 Å². The second kappa shape index (κ2) is 7.24. The Morgan fingerprint density at radius 2 is 1.59 bits per heavy atom. The predicted molar refractivity (Wildman–Crippen MR) is 61.9 cm³/mol. The molecule has 17 heavy (non-hydrogen) atoms. The molecule has 0 saturated heterocycles. The fourth-order valence-corrected chi connectivity index (χ4v) is 2.42. The zero-order valence-corrected chi connectivity index (χ0v) is 10.6. The molecule has 0 heterocycles. The number of halogens is 3. The maximum atomic E-state index is 12.8. The number of alkyl halides is 3. The molecule has 0 spiro atoms. The largest absolute Gasteiger partial charge is 0.384 e. The summed E-state index contributed by atoms with van der Waals surface area (Å²) in [6.07, 6.45) is 3.48. The molecule has 0 aromatic carbocycles. The van der Waals surface area contributed by atoms with Crippen LogP contribution >= 0.6 is 0 Å². The molecule has 0 N–H and O–H groups in total. The Hall–Kier alpha value is -0.250. The van der Waals surface area contributed by atoms with E-state index in [2.05, 4.69) is 11.7 Å². The fourth-order valence-electron chi connectivity index (χ4n) is 2.42. The summed E-state index contributed by atoms with van der Waals surface area (Å²) in [5.41, 5.74) is 0. The molecule has 1 nitrogen and oxygen atoms in total. The number of hydrogen-bond acceptors (Lipinski definition) is 1. The third kappa shape index (κ3) is 6.29. The van der Waals surface area contributed by atoms with Crippen molar-refractivity contribution >= 4 is 0 Å². The molecular weight excluding hydrogens is 229 g/mol. The Balaban J connectivity index is 2.40. The zero-order chi connectivity index (χ0) is 12.7. The Labute approximate surface area is 102 Å². The third-order valence-corrected chi connectivity index (χ3v) is 3.44. The van der Waals surface area contributed by atoms with Crippen molar-refractivity contribution in [3.63, 3.8) is 0 Å². The smallest absolute Gasteiger partial charge is 0.315 e. The van der Waals surface area contributed by atoms with Gasteiger partial charge >= 0.3 is 6.11 Å². The van der Waals surface area contributed by atoms with E-state index in [0.29, 0.717) is 18.8 Å². The lowest BCUT2D eigenvalue weighted by Gasteiger charge is -2.24. The summed E-state index contributed by atoms with van der Waals surface area (Å²) in [5.74, 6) is 0.662. The van der Waals surface area contributed by atoms with Crippen LogP contribution in [0.5, 0.6) is 0 Å². The molecule has 4 heteroatoms. The van der Waals surface area contributed by atoms with Crippen molar-refractivity contribution < 1.29 is 17.9 Å². The molecule has 1 saturated carbocycles. The van der Waals surface area contributed by atoms with E-state index in [-0.39, 0.29) is 0 Å². The van der Waals surface area contributed by atoms with Gasteiger partial charge in [0, 0.05) is 0 Å². The van der Waals surface area contributed by atoms with Gasteiger partial charge in [-0.2, -0.15) is 8.78 Å². The highest BCUT2D eigenvalue weighted by Crippen LogP contribution is 2.27. The lowest BCUT2D eigenvalue weighted by Crippen LogP contribution is -2.30. The molecule has 2 unspecified atom stereocenters. The first-order valence-electron chi connectivity index (χ1n) is 6.65. The Kier molecular flexibility index (Phi) is 6.31. The Bertz CT molecular complexity index is 209. The van der Waals surface area contributed by atoms with E-state index in [1.54, 1.807) is 0 Å². The molecule has 0 aliphatic heterocycles. The van der Waals surface area contributed by atoms with Crippen LogP contribution < -0.4 is 0 Å². The standard InChI is InChI=1S/C13H23F3O/c1-11-6-3-2-4-8-12(9-5-7-11)17-13(15,16)10-14/h11-12H,2-10H2,1H3. The highest BCUT2D eigenvalue weighted by Gasteiger charge is 2.33. The first kappa shape index (κ1) is 14.8. The molecule has 1 fully saturated rings. The lowest BCUT2D eigenvalue weighted by molar-refractivity contribution is -0.271. The van der Waals surface area contributed by atoms with Gasteiger partial charge in [-0.3, -0.25) is 0 Å². The number of rotatable bonds is 3. The highest BCUT2D eigenvalue weighted by molar-refractivity contribution is 4.66. The van der Waals surface area contributed by atoms with Crippen molar-refractivity contribution in [2.75, 3.05) is 6.67 Å². The summed E-state index contributed by atoms with van der Waals surface area (Å²) in [5, 5.41) is 0. The maximum absolute atomic E-state index is 12.8. The van der Waals surface area contributed by atoms with E-state index in [1.807, 2.05) is 0 Å². The molecule has 0 aromatic rings. The molecule has 0 bridgehead atoms. The quantitative estimate of drug-likeness (QED) is 0.707. The van der Waals surface area contributed by atoms with Crippen LogP contribution in [-0.4, -0.2) is 18.9 Å². The first-order chi connectivity index (χ1) is 8.03. The van der Waals surface area contributed by atoms with Crippen molar-refractivity contribution in [3.05, 3.63) is 0 Å². The molecular formula is C13H23F3O. The van der Waals surface area contributed by atoms with E-state index in [4.69, 9.17) is 0 Å². The lowest BCUT2D eigenvalue weighted by atomic mass is 9.93. The molecule has 102 valence electrons. The van der Waals surface area contributed by atoms with Crippen molar-refractivity contribution in [2.24, 2.45) is 5.92 Å². The minimum atomic E-state index is -3.60. The molecule has 1 aliphatic carbocycles. The van der Waals surface area contributed by atoms with E-state index in [9.17, 15) is 13.2 Å². The fraction of sp³-hybridized carbons (Fsp3) is 1.00.